The third-order valence-electron chi connectivity index (χ3n) is 5.23. The molecule has 1 fully saturated rings. The van der Waals surface area contributed by atoms with Gasteiger partial charge in [0.2, 0.25) is 0 Å². The summed E-state index contributed by atoms with van der Waals surface area (Å²) in [5.74, 6) is 0.916. The van der Waals surface area contributed by atoms with E-state index in [0.29, 0.717) is 28.0 Å². The molecule has 2 aromatic carbocycles. The Morgan fingerprint density at radius 2 is 1.83 bits per heavy atom. The Labute approximate surface area is 168 Å². The van der Waals surface area contributed by atoms with E-state index < -0.39 is 5.97 Å². The van der Waals surface area contributed by atoms with Crippen molar-refractivity contribution >= 4 is 23.1 Å². The van der Waals surface area contributed by atoms with E-state index in [1.165, 1.54) is 18.0 Å². The molecule has 0 unspecified atom stereocenters. The second-order valence-electron chi connectivity index (χ2n) is 7.32. The largest absolute Gasteiger partial charge is 0.426 e. The Balaban J connectivity index is 1.82. The highest BCUT2D eigenvalue weighted by atomic mass is 16.5. The van der Waals surface area contributed by atoms with Gasteiger partial charge >= 0.3 is 5.97 Å². The molecule has 3 aromatic rings. The van der Waals surface area contributed by atoms with Gasteiger partial charge in [-0.15, -0.1) is 0 Å². The highest BCUT2D eigenvalue weighted by molar-refractivity contribution is 5.85. The second-order valence-corrected chi connectivity index (χ2v) is 7.32. The minimum atomic E-state index is -0.404. The van der Waals surface area contributed by atoms with E-state index in [1.54, 1.807) is 30.5 Å². The van der Waals surface area contributed by atoms with Gasteiger partial charge in [-0.25, -0.2) is 4.98 Å². The highest BCUT2D eigenvalue weighted by Gasteiger charge is 2.22. The van der Waals surface area contributed by atoms with Gasteiger partial charge in [0.05, 0.1) is 17.1 Å². The summed E-state index contributed by atoms with van der Waals surface area (Å²) >= 11 is 0. The van der Waals surface area contributed by atoms with Crippen LogP contribution in [-0.2, 0) is 4.79 Å². The van der Waals surface area contributed by atoms with Crippen molar-refractivity contribution in [1.82, 2.24) is 9.66 Å². The van der Waals surface area contributed by atoms with E-state index in [4.69, 9.17) is 9.72 Å². The van der Waals surface area contributed by atoms with Crippen molar-refractivity contribution in [3.63, 3.8) is 0 Å². The number of carbonyl (C=O) groups excluding carboxylic acids is 1. The molecule has 6 nitrogen and oxygen atoms in total. The molecular formula is C23H23N3O3. The molecule has 0 amide bonds. The van der Waals surface area contributed by atoms with Crippen molar-refractivity contribution in [1.29, 1.82) is 0 Å². The van der Waals surface area contributed by atoms with Gasteiger partial charge < -0.3 is 4.74 Å². The molecule has 1 aromatic heterocycles. The van der Waals surface area contributed by atoms with Crippen LogP contribution in [0.3, 0.4) is 0 Å². The fraction of sp³-hybridized carbons (Fsp3) is 0.304. The Hall–Kier alpha value is -3.28. The summed E-state index contributed by atoms with van der Waals surface area (Å²) in [5.41, 5.74) is 1.14. The maximum atomic E-state index is 13.2. The lowest BCUT2D eigenvalue weighted by Crippen LogP contribution is -2.25. The normalized spacial score (nSPS) is 15.1. The van der Waals surface area contributed by atoms with Crippen molar-refractivity contribution in [3.05, 3.63) is 70.3 Å². The summed E-state index contributed by atoms with van der Waals surface area (Å²) in [5, 5.41) is 5.03. The first-order valence-electron chi connectivity index (χ1n) is 9.97. The second kappa shape index (κ2) is 8.39. The first-order valence-corrected chi connectivity index (χ1v) is 9.97. The first-order chi connectivity index (χ1) is 14.1. The van der Waals surface area contributed by atoms with Crippen LogP contribution < -0.4 is 10.3 Å². The van der Waals surface area contributed by atoms with Crippen molar-refractivity contribution < 1.29 is 9.53 Å². The quantitative estimate of drug-likeness (QED) is 0.380. The molecule has 1 heterocycles. The Morgan fingerprint density at radius 1 is 1.10 bits per heavy atom. The molecule has 1 aliphatic rings. The third kappa shape index (κ3) is 4.11. The summed E-state index contributed by atoms with van der Waals surface area (Å²) in [4.78, 5) is 29.4. The van der Waals surface area contributed by atoms with Crippen molar-refractivity contribution in [2.75, 3.05) is 0 Å². The summed E-state index contributed by atoms with van der Waals surface area (Å²) < 4.78 is 6.67. The summed E-state index contributed by atoms with van der Waals surface area (Å²) in [6.07, 6.45) is 7.04. The minimum Gasteiger partial charge on any atom is -0.426 e. The van der Waals surface area contributed by atoms with Crippen molar-refractivity contribution in [2.45, 2.75) is 44.9 Å². The molecule has 0 radical (unpaired) electrons. The average Bonchev–Trinajstić information content (AvgIpc) is 2.74. The molecule has 29 heavy (non-hydrogen) atoms. The molecule has 0 bridgehead atoms. The number of carbonyl (C=O) groups is 1. The van der Waals surface area contributed by atoms with Crippen LogP contribution in [0.2, 0.25) is 0 Å². The minimum absolute atomic E-state index is 0.183. The zero-order valence-electron chi connectivity index (χ0n) is 16.4. The Kier molecular flexibility index (Phi) is 5.51. The maximum absolute atomic E-state index is 13.2. The van der Waals surface area contributed by atoms with E-state index in [2.05, 4.69) is 5.10 Å². The van der Waals surface area contributed by atoms with Gasteiger partial charge in [-0.1, -0.05) is 43.5 Å². The van der Waals surface area contributed by atoms with Crippen LogP contribution in [0.15, 0.2) is 58.4 Å². The summed E-state index contributed by atoms with van der Waals surface area (Å²) in [6.45, 7) is 1.35. The maximum Gasteiger partial charge on any atom is 0.308 e. The molecule has 0 spiro atoms. The van der Waals surface area contributed by atoms with Crippen LogP contribution in [0.1, 0.15) is 56.3 Å². The lowest BCUT2D eigenvalue weighted by Gasteiger charge is -2.22. The predicted octanol–water partition coefficient (Wildman–Crippen LogP) is 4.25. The van der Waals surface area contributed by atoms with Crippen molar-refractivity contribution in [2.24, 2.45) is 5.10 Å². The van der Waals surface area contributed by atoms with Crippen LogP contribution in [0.5, 0.6) is 5.75 Å². The lowest BCUT2D eigenvalue weighted by molar-refractivity contribution is -0.131. The molecule has 0 saturated heterocycles. The van der Waals surface area contributed by atoms with Gasteiger partial charge in [-0.2, -0.15) is 9.78 Å². The zero-order chi connectivity index (χ0) is 20.2. The highest BCUT2D eigenvalue weighted by Crippen LogP contribution is 2.31. The Morgan fingerprint density at radius 3 is 2.62 bits per heavy atom. The van der Waals surface area contributed by atoms with Crippen LogP contribution >= 0.6 is 0 Å². The van der Waals surface area contributed by atoms with E-state index in [0.717, 1.165) is 25.7 Å². The van der Waals surface area contributed by atoms with Gasteiger partial charge in [0, 0.05) is 18.4 Å². The molecule has 4 rings (SSSR count). The van der Waals surface area contributed by atoms with Gasteiger partial charge in [0.1, 0.15) is 11.6 Å². The van der Waals surface area contributed by atoms with Gasteiger partial charge in [-0.05, 0) is 37.1 Å². The molecule has 0 N–H and O–H groups in total. The lowest BCUT2D eigenvalue weighted by atomic mass is 9.88. The number of nitrogens with zero attached hydrogens (tertiary/aromatic N) is 3. The number of rotatable bonds is 4. The van der Waals surface area contributed by atoms with Crippen molar-refractivity contribution in [3.8, 4) is 5.75 Å². The fourth-order valence-corrected chi connectivity index (χ4v) is 3.83. The van der Waals surface area contributed by atoms with Crippen LogP contribution in [0, 0.1) is 0 Å². The first kappa shape index (κ1) is 19.1. The van der Waals surface area contributed by atoms with E-state index in [-0.39, 0.29) is 11.5 Å². The van der Waals surface area contributed by atoms with Gasteiger partial charge in [0.25, 0.3) is 5.56 Å². The topological polar surface area (TPSA) is 73.5 Å². The SMILES string of the molecule is CC(=O)Oc1ccccc1C=Nn1c(C2CCCCC2)nc2ccccc2c1=O. The van der Waals surface area contributed by atoms with E-state index in [9.17, 15) is 9.59 Å². The van der Waals surface area contributed by atoms with Gasteiger partial charge in [-0.3, -0.25) is 9.59 Å². The average molecular weight is 389 g/mol. The predicted molar refractivity (Wildman–Crippen MR) is 113 cm³/mol. The number of para-hydroxylation sites is 2. The number of hydrogen-bond acceptors (Lipinski definition) is 5. The van der Waals surface area contributed by atoms with E-state index >= 15 is 0 Å². The Bertz CT molecular complexity index is 1130. The monoisotopic (exact) mass is 389 g/mol. The summed E-state index contributed by atoms with van der Waals surface area (Å²) in [6, 6.07) is 14.5. The van der Waals surface area contributed by atoms with Crippen LogP contribution in [0.25, 0.3) is 10.9 Å². The van der Waals surface area contributed by atoms with Crippen LogP contribution in [0.4, 0.5) is 0 Å². The van der Waals surface area contributed by atoms with Gasteiger partial charge in [0.15, 0.2) is 0 Å². The smallest absolute Gasteiger partial charge is 0.308 e. The summed E-state index contributed by atoms with van der Waals surface area (Å²) in [7, 11) is 0. The standard InChI is InChI=1S/C23H23N3O3/c1-16(27)29-21-14-8-5-11-18(21)15-24-26-22(17-9-3-2-4-10-17)25-20-13-7-6-12-19(20)23(26)28/h5-8,11-15,17H,2-4,9-10H2,1H3. The number of hydrogen-bond donors (Lipinski definition) is 0. The number of fused-ring (bicyclic) bond motifs is 1. The molecular weight excluding hydrogens is 366 g/mol. The van der Waals surface area contributed by atoms with E-state index in [1.807, 2.05) is 24.3 Å². The molecule has 6 heteroatoms. The number of esters is 1. The number of ether oxygens (including phenoxy) is 1. The number of aromatic nitrogens is 2. The molecule has 148 valence electrons. The molecule has 1 saturated carbocycles. The number of benzene rings is 2. The molecule has 1 aliphatic carbocycles. The molecule has 0 aliphatic heterocycles. The molecule has 0 atom stereocenters. The zero-order valence-corrected chi connectivity index (χ0v) is 16.4. The van der Waals surface area contributed by atoms with Crippen LogP contribution in [-0.4, -0.2) is 21.8 Å². The fourth-order valence-electron chi connectivity index (χ4n) is 3.83. The third-order valence-corrected chi connectivity index (χ3v) is 5.23.